The third-order valence-corrected chi connectivity index (χ3v) is 7.00. The van der Waals surface area contributed by atoms with E-state index in [0.29, 0.717) is 52.3 Å². The van der Waals surface area contributed by atoms with E-state index in [2.05, 4.69) is 0 Å². The lowest BCUT2D eigenvalue weighted by Gasteiger charge is -2.39. The molecule has 5 rings (SSSR count). The van der Waals surface area contributed by atoms with Crippen molar-refractivity contribution < 1.29 is 39.1 Å². The predicted octanol–water partition coefficient (Wildman–Crippen LogP) is 3.94. The molecule has 3 aromatic rings. The van der Waals surface area contributed by atoms with Crippen LogP contribution in [-0.2, 0) is 11.2 Å². The highest BCUT2D eigenvalue weighted by Gasteiger charge is 2.46. The Labute approximate surface area is 208 Å². The van der Waals surface area contributed by atoms with Crippen molar-refractivity contribution in [3.8, 4) is 45.6 Å². The SMILES string of the molecule is COc1ccc2c(c1OC)C(=O)OC2[C@H]1c2c(c(-c3ccc(O)cc3)c(O)c(O)c2OC)CCN1C. The predicted molar refractivity (Wildman–Crippen MR) is 130 cm³/mol. The van der Waals surface area contributed by atoms with Crippen molar-refractivity contribution in [3.63, 3.8) is 0 Å². The van der Waals surface area contributed by atoms with Crippen LogP contribution in [0.25, 0.3) is 11.1 Å². The van der Waals surface area contributed by atoms with Crippen LogP contribution in [0.1, 0.15) is 39.2 Å². The van der Waals surface area contributed by atoms with Gasteiger partial charge in [0.05, 0.1) is 27.4 Å². The van der Waals surface area contributed by atoms with E-state index >= 15 is 0 Å². The van der Waals surface area contributed by atoms with Crippen molar-refractivity contribution in [1.29, 1.82) is 0 Å². The Morgan fingerprint density at radius 1 is 0.889 bits per heavy atom. The second-order valence-corrected chi connectivity index (χ2v) is 8.81. The number of likely N-dealkylation sites (N-methyl/N-ethyl adjacent to an activating group) is 1. The van der Waals surface area contributed by atoms with Crippen molar-refractivity contribution in [1.82, 2.24) is 4.90 Å². The van der Waals surface area contributed by atoms with Crippen LogP contribution in [-0.4, -0.2) is 61.1 Å². The van der Waals surface area contributed by atoms with Crippen molar-refractivity contribution >= 4 is 5.97 Å². The van der Waals surface area contributed by atoms with Gasteiger partial charge in [0.25, 0.3) is 0 Å². The van der Waals surface area contributed by atoms with E-state index in [9.17, 15) is 20.1 Å². The molecule has 188 valence electrons. The number of aromatic hydroxyl groups is 3. The summed E-state index contributed by atoms with van der Waals surface area (Å²) in [6.07, 6.45) is -0.191. The minimum Gasteiger partial charge on any atom is -0.508 e. The van der Waals surface area contributed by atoms with Gasteiger partial charge in [0, 0.05) is 23.2 Å². The van der Waals surface area contributed by atoms with Crippen molar-refractivity contribution in [2.75, 3.05) is 34.9 Å². The van der Waals surface area contributed by atoms with Gasteiger partial charge in [-0.25, -0.2) is 4.79 Å². The summed E-state index contributed by atoms with van der Waals surface area (Å²) in [4.78, 5) is 15.1. The number of fused-ring (bicyclic) bond motifs is 2. The summed E-state index contributed by atoms with van der Waals surface area (Å²) in [5.74, 6) is -0.335. The molecule has 2 heterocycles. The second-order valence-electron chi connectivity index (χ2n) is 8.81. The second kappa shape index (κ2) is 8.83. The van der Waals surface area contributed by atoms with Crippen LogP contribution < -0.4 is 14.2 Å². The monoisotopic (exact) mass is 493 g/mol. The topological polar surface area (TPSA) is 118 Å². The van der Waals surface area contributed by atoms with E-state index in [4.69, 9.17) is 18.9 Å². The first kappa shape index (κ1) is 23.6. The Bertz CT molecular complexity index is 1350. The lowest BCUT2D eigenvalue weighted by atomic mass is 9.81. The average Bonchev–Trinajstić information content (AvgIpc) is 3.21. The average molecular weight is 494 g/mol. The molecule has 3 N–H and O–H groups in total. The number of carbonyl (C=O) groups excluding carboxylic acids is 1. The highest BCUT2D eigenvalue weighted by molar-refractivity contribution is 5.98. The minimum atomic E-state index is -0.734. The fourth-order valence-corrected chi connectivity index (χ4v) is 5.38. The molecule has 3 aromatic carbocycles. The van der Waals surface area contributed by atoms with Gasteiger partial charge in [-0.05, 0) is 42.8 Å². The number of phenols is 3. The van der Waals surface area contributed by atoms with Gasteiger partial charge in [0.1, 0.15) is 17.4 Å². The molecule has 0 aliphatic carbocycles. The first-order chi connectivity index (χ1) is 17.3. The Morgan fingerprint density at radius 3 is 2.22 bits per heavy atom. The number of esters is 1. The van der Waals surface area contributed by atoms with Crippen LogP contribution in [0, 0.1) is 0 Å². The summed E-state index contributed by atoms with van der Waals surface area (Å²) in [6, 6.07) is 9.35. The quantitative estimate of drug-likeness (QED) is 0.359. The number of hydrogen-bond acceptors (Lipinski definition) is 9. The third-order valence-electron chi connectivity index (χ3n) is 7.00. The zero-order valence-electron chi connectivity index (χ0n) is 20.4. The molecule has 1 unspecified atom stereocenters. The van der Waals surface area contributed by atoms with Crippen LogP contribution in [0.4, 0.5) is 0 Å². The van der Waals surface area contributed by atoms with Gasteiger partial charge < -0.3 is 34.3 Å². The van der Waals surface area contributed by atoms with Gasteiger partial charge in [-0.2, -0.15) is 0 Å². The molecule has 0 bridgehead atoms. The molecule has 0 saturated heterocycles. The number of methoxy groups -OCH3 is 3. The highest BCUT2D eigenvalue weighted by Crippen LogP contribution is 2.57. The fourth-order valence-electron chi connectivity index (χ4n) is 5.38. The smallest absolute Gasteiger partial charge is 0.343 e. The lowest BCUT2D eigenvalue weighted by molar-refractivity contribution is 0.00873. The molecule has 2 aliphatic rings. The highest BCUT2D eigenvalue weighted by atomic mass is 16.6. The zero-order chi connectivity index (χ0) is 25.7. The number of rotatable bonds is 5. The van der Waals surface area contributed by atoms with Crippen molar-refractivity contribution in [3.05, 3.63) is 58.7 Å². The van der Waals surface area contributed by atoms with E-state index in [1.165, 1.54) is 33.5 Å². The van der Waals surface area contributed by atoms with Crippen molar-refractivity contribution in [2.24, 2.45) is 0 Å². The molecule has 0 amide bonds. The number of ether oxygens (including phenoxy) is 4. The molecule has 0 radical (unpaired) electrons. The maximum Gasteiger partial charge on any atom is 0.343 e. The normalized spacial score (nSPS) is 18.8. The Balaban J connectivity index is 1.75. The summed E-state index contributed by atoms with van der Waals surface area (Å²) in [7, 11) is 6.29. The van der Waals surface area contributed by atoms with Gasteiger partial charge in [-0.15, -0.1) is 0 Å². The summed E-state index contributed by atoms with van der Waals surface area (Å²) < 4.78 is 22.4. The van der Waals surface area contributed by atoms with Gasteiger partial charge in [0.15, 0.2) is 23.0 Å². The number of hydrogen-bond donors (Lipinski definition) is 3. The Kier molecular flexibility index (Phi) is 5.80. The van der Waals surface area contributed by atoms with Crippen LogP contribution in [0.2, 0.25) is 0 Å². The molecule has 9 nitrogen and oxygen atoms in total. The molecule has 9 heteroatoms. The number of benzene rings is 3. The first-order valence-corrected chi connectivity index (χ1v) is 11.4. The van der Waals surface area contributed by atoms with Crippen LogP contribution >= 0.6 is 0 Å². The zero-order valence-corrected chi connectivity index (χ0v) is 20.4. The van der Waals surface area contributed by atoms with E-state index in [1.807, 2.05) is 11.9 Å². The summed E-state index contributed by atoms with van der Waals surface area (Å²) in [6.45, 7) is 0.590. The Morgan fingerprint density at radius 2 is 1.58 bits per heavy atom. The molecule has 2 aliphatic heterocycles. The third kappa shape index (κ3) is 3.38. The number of phenolic OH excluding ortho intramolecular Hbond substituents is 3. The van der Waals surface area contributed by atoms with Gasteiger partial charge in [-0.3, -0.25) is 4.90 Å². The van der Waals surface area contributed by atoms with Crippen LogP contribution in [0.3, 0.4) is 0 Å². The van der Waals surface area contributed by atoms with E-state index in [-0.39, 0.29) is 17.2 Å². The number of cyclic esters (lactones) is 1. The van der Waals surface area contributed by atoms with E-state index < -0.39 is 23.9 Å². The molecule has 0 fully saturated rings. The van der Waals surface area contributed by atoms with Crippen molar-refractivity contribution in [2.45, 2.75) is 18.6 Å². The molecule has 0 aromatic heterocycles. The minimum absolute atomic E-state index is 0.0845. The maximum atomic E-state index is 13.1. The number of nitrogens with zero attached hydrogens (tertiary/aromatic N) is 1. The summed E-state index contributed by atoms with van der Waals surface area (Å²) in [5, 5.41) is 31.8. The van der Waals surface area contributed by atoms with Gasteiger partial charge in [-0.1, -0.05) is 18.2 Å². The fraction of sp³-hybridized carbons (Fsp3) is 0.296. The summed E-state index contributed by atoms with van der Waals surface area (Å²) in [5.41, 5.74) is 3.37. The lowest BCUT2D eigenvalue weighted by Crippen LogP contribution is -2.36. The molecular weight excluding hydrogens is 466 g/mol. The number of carbonyl (C=O) groups is 1. The summed E-state index contributed by atoms with van der Waals surface area (Å²) >= 11 is 0. The molecule has 0 spiro atoms. The maximum absolute atomic E-state index is 13.1. The van der Waals surface area contributed by atoms with Crippen LogP contribution in [0.15, 0.2) is 36.4 Å². The molecule has 2 atom stereocenters. The van der Waals surface area contributed by atoms with E-state index in [1.54, 1.807) is 24.3 Å². The van der Waals surface area contributed by atoms with Crippen LogP contribution in [0.5, 0.6) is 34.5 Å². The molecular formula is C27H27NO8. The van der Waals surface area contributed by atoms with Gasteiger partial charge in [0.2, 0.25) is 5.75 Å². The molecule has 36 heavy (non-hydrogen) atoms. The van der Waals surface area contributed by atoms with Gasteiger partial charge >= 0.3 is 5.97 Å². The first-order valence-electron chi connectivity index (χ1n) is 11.4. The molecule has 0 saturated carbocycles. The Hall–Kier alpha value is -4.11. The van der Waals surface area contributed by atoms with E-state index in [0.717, 1.165) is 5.56 Å². The largest absolute Gasteiger partial charge is 0.508 e. The standard InChI is InChI=1S/C27H27NO8/c1-28-12-11-15-18(13-5-7-14(29)8-6-13)22(30)23(31)26(35-4)19(15)21(28)24-16-9-10-17(33-2)25(34-3)20(16)27(32)36-24/h5-10,21,24,29-31H,11-12H2,1-4H3/t21-,24?/m1/s1.